The minimum atomic E-state index is 0.671. The summed E-state index contributed by atoms with van der Waals surface area (Å²) in [7, 11) is 0. The summed E-state index contributed by atoms with van der Waals surface area (Å²) >= 11 is 0. The lowest BCUT2D eigenvalue weighted by molar-refractivity contribution is 0.687. The zero-order valence-corrected chi connectivity index (χ0v) is 10.5. The van der Waals surface area contributed by atoms with Crippen LogP contribution in [-0.2, 0) is 13.1 Å². The van der Waals surface area contributed by atoms with Gasteiger partial charge in [-0.05, 0) is 5.56 Å². The van der Waals surface area contributed by atoms with Gasteiger partial charge in [0, 0.05) is 18.6 Å². The van der Waals surface area contributed by atoms with E-state index in [0.717, 1.165) is 18.1 Å². The zero-order chi connectivity index (χ0) is 12.9. The van der Waals surface area contributed by atoms with Crippen LogP contribution in [0.5, 0.6) is 0 Å². The summed E-state index contributed by atoms with van der Waals surface area (Å²) in [5, 5.41) is 7.61. The van der Waals surface area contributed by atoms with Crippen LogP contribution in [0.3, 0.4) is 0 Å². The third kappa shape index (κ3) is 3.01. The van der Waals surface area contributed by atoms with Crippen LogP contribution in [0.1, 0.15) is 11.4 Å². The Morgan fingerprint density at radius 1 is 1.21 bits per heavy atom. The molecule has 0 aliphatic carbocycles. The van der Waals surface area contributed by atoms with Crippen LogP contribution in [0.25, 0.3) is 0 Å². The molecule has 0 amide bonds. The lowest BCUT2D eigenvalue weighted by Gasteiger charge is -2.01. The van der Waals surface area contributed by atoms with E-state index in [-0.39, 0.29) is 0 Å². The van der Waals surface area contributed by atoms with Crippen molar-refractivity contribution in [2.75, 3.05) is 5.32 Å². The van der Waals surface area contributed by atoms with Crippen LogP contribution in [0.15, 0.2) is 55.1 Å². The first kappa shape index (κ1) is 11.5. The van der Waals surface area contributed by atoms with Crippen molar-refractivity contribution in [2.24, 2.45) is 0 Å². The monoisotopic (exact) mass is 253 g/mol. The molecular formula is C14H15N5. The van der Waals surface area contributed by atoms with Gasteiger partial charge in [-0.25, -0.2) is 4.98 Å². The van der Waals surface area contributed by atoms with E-state index in [2.05, 4.69) is 32.5 Å². The Bertz CT molecular complexity index is 612. The van der Waals surface area contributed by atoms with Crippen LogP contribution in [0, 0.1) is 0 Å². The number of rotatable bonds is 5. The molecule has 0 fully saturated rings. The third-order valence-electron chi connectivity index (χ3n) is 2.84. The van der Waals surface area contributed by atoms with Crippen LogP contribution >= 0.6 is 0 Å². The predicted molar refractivity (Wildman–Crippen MR) is 73.7 cm³/mol. The number of hydrogen-bond donors (Lipinski definition) is 2. The number of benzene rings is 1. The molecule has 0 saturated heterocycles. The molecule has 96 valence electrons. The minimum absolute atomic E-state index is 0.671. The number of anilines is 1. The van der Waals surface area contributed by atoms with Gasteiger partial charge in [-0.15, -0.1) is 0 Å². The summed E-state index contributed by atoms with van der Waals surface area (Å²) < 4.78 is 1.92. The fourth-order valence-electron chi connectivity index (χ4n) is 1.89. The summed E-state index contributed by atoms with van der Waals surface area (Å²) in [6.07, 6.45) is 7.38. The lowest BCUT2D eigenvalue weighted by Crippen LogP contribution is -2.01. The second kappa shape index (κ2) is 5.39. The van der Waals surface area contributed by atoms with Gasteiger partial charge >= 0.3 is 0 Å². The Morgan fingerprint density at radius 2 is 2.11 bits per heavy atom. The molecule has 3 rings (SSSR count). The number of H-pyrrole nitrogens is 1. The Balaban J connectivity index is 1.60. The molecule has 0 saturated carbocycles. The van der Waals surface area contributed by atoms with Gasteiger partial charge in [0.1, 0.15) is 5.82 Å². The van der Waals surface area contributed by atoms with Crippen molar-refractivity contribution in [3.8, 4) is 0 Å². The number of nitrogens with one attached hydrogen (secondary N) is 2. The number of hydrogen-bond acceptors (Lipinski definition) is 3. The van der Waals surface area contributed by atoms with Crippen molar-refractivity contribution >= 4 is 5.69 Å². The van der Waals surface area contributed by atoms with E-state index >= 15 is 0 Å². The molecule has 0 radical (unpaired) electrons. The molecule has 0 spiro atoms. The molecule has 0 unspecified atom stereocenters. The zero-order valence-electron chi connectivity index (χ0n) is 10.5. The normalized spacial score (nSPS) is 10.5. The quantitative estimate of drug-likeness (QED) is 0.733. The number of nitrogens with zero attached hydrogens (tertiary/aromatic N) is 3. The summed E-state index contributed by atoms with van der Waals surface area (Å²) in [5.41, 5.74) is 2.23. The largest absolute Gasteiger partial charge is 0.375 e. The Labute approximate surface area is 111 Å². The van der Waals surface area contributed by atoms with Gasteiger partial charge in [0.2, 0.25) is 0 Å². The molecule has 5 nitrogen and oxygen atoms in total. The fourth-order valence-corrected chi connectivity index (χ4v) is 1.89. The highest BCUT2D eigenvalue weighted by atomic mass is 15.3. The highest BCUT2D eigenvalue weighted by Gasteiger charge is 2.00. The maximum absolute atomic E-state index is 4.33. The first-order valence-corrected chi connectivity index (χ1v) is 6.19. The van der Waals surface area contributed by atoms with E-state index in [1.165, 1.54) is 5.56 Å². The van der Waals surface area contributed by atoms with Crippen LogP contribution in [0.2, 0.25) is 0 Å². The summed E-state index contributed by atoms with van der Waals surface area (Å²) in [5.74, 6) is 0.913. The van der Waals surface area contributed by atoms with Crippen LogP contribution in [-0.4, -0.2) is 19.7 Å². The molecular weight excluding hydrogens is 238 g/mol. The third-order valence-corrected chi connectivity index (χ3v) is 2.84. The van der Waals surface area contributed by atoms with Gasteiger partial charge in [-0.1, -0.05) is 30.3 Å². The van der Waals surface area contributed by atoms with Gasteiger partial charge in [0.05, 0.1) is 25.0 Å². The maximum Gasteiger partial charge on any atom is 0.125 e. The van der Waals surface area contributed by atoms with Crippen molar-refractivity contribution in [3.63, 3.8) is 0 Å². The van der Waals surface area contributed by atoms with E-state index < -0.39 is 0 Å². The molecule has 2 heterocycles. The average Bonchev–Trinajstić information content (AvgIpc) is 3.09. The van der Waals surface area contributed by atoms with Crippen LogP contribution in [0.4, 0.5) is 5.69 Å². The van der Waals surface area contributed by atoms with E-state index in [0.29, 0.717) is 6.54 Å². The van der Waals surface area contributed by atoms with Gasteiger partial charge in [0.25, 0.3) is 0 Å². The van der Waals surface area contributed by atoms with Gasteiger partial charge in [-0.2, -0.15) is 5.10 Å². The molecule has 0 atom stereocenters. The molecule has 0 aliphatic heterocycles. The SMILES string of the molecule is c1ccc(Cn2cc(NCc3ncc[nH]3)cn2)cc1. The molecule has 2 N–H and O–H groups in total. The van der Waals surface area contributed by atoms with Gasteiger partial charge in [0.15, 0.2) is 0 Å². The molecule has 2 aromatic heterocycles. The highest BCUT2D eigenvalue weighted by molar-refractivity contribution is 5.38. The van der Waals surface area contributed by atoms with Crippen LogP contribution < -0.4 is 5.32 Å². The highest BCUT2D eigenvalue weighted by Crippen LogP contribution is 2.08. The summed E-state index contributed by atoms with van der Waals surface area (Å²) in [6.45, 7) is 1.45. The topological polar surface area (TPSA) is 58.5 Å². The van der Waals surface area contributed by atoms with Crippen molar-refractivity contribution in [1.82, 2.24) is 19.7 Å². The molecule has 5 heteroatoms. The number of aromatic nitrogens is 4. The molecule has 0 bridgehead atoms. The number of imidazole rings is 1. The second-order valence-electron chi connectivity index (χ2n) is 4.30. The molecule has 19 heavy (non-hydrogen) atoms. The van der Waals surface area contributed by atoms with Crippen molar-refractivity contribution < 1.29 is 0 Å². The lowest BCUT2D eigenvalue weighted by atomic mass is 10.2. The van der Waals surface area contributed by atoms with Crippen molar-refractivity contribution in [3.05, 3.63) is 66.5 Å². The van der Waals surface area contributed by atoms with Gasteiger partial charge < -0.3 is 10.3 Å². The van der Waals surface area contributed by atoms with E-state index in [1.807, 2.05) is 41.5 Å². The summed E-state index contributed by atoms with van der Waals surface area (Å²) in [6, 6.07) is 10.3. The van der Waals surface area contributed by atoms with E-state index in [4.69, 9.17) is 0 Å². The second-order valence-corrected chi connectivity index (χ2v) is 4.30. The first-order valence-electron chi connectivity index (χ1n) is 6.19. The summed E-state index contributed by atoms with van der Waals surface area (Å²) in [4.78, 5) is 7.21. The van der Waals surface area contributed by atoms with E-state index in [1.54, 1.807) is 6.20 Å². The Kier molecular flexibility index (Phi) is 3.27. The molecule has 1 aromatic carbocycles. The van der Waals surface area contributed by atoms with E-state index in [9.17, 15) is 0 Å². The average molecular weight is 253 g/mol. The molecule has 0 aliphatic rings. The Hall–Kier alpha value is -2.56. The minimum Gasteiger partial charge on any atom is -0.375 e. The predicted octanol–water partition coefficient (Wildman–Crippen LogP) is 2.27. The number of aromatic amines is 1. The first-order chi connectivity index (χ1) is 9.40. The van der Waals surface area contributed by atoms with Gasteiger partial charge in [-0.3, -0.25) is 4.68 Å². The standard InChI is InChI=1S/C14H15N5/c1-2-4-12(5-3-1)10-19-11-13(8-18-19)17-9-14-15-6-7-16-14/h1-8,11,17H,9-10H2,(H,15,16). The smallest absolute Gasteiger partial charge is 0.125 e. The Morgan fingerprint density at radius 3 is 2.89 bits per heavy atom. The fraction of sp³-hybridized carbons (Fsp3) is 0.143. The molecule has 3 aromatic rings. The maximum atomic E-state index is 4.33. The van der Waals surface area contributed by atoms with Crippen molar-refractivity contribution in [2.45, 2.75) is 13.1 Å². The van der Waals surface area contributed by atoms with Crippen molar-refractivity contribution in [1.29, 1.82) is 0 Å².